The molecule has 240 valence electrons. The molecule has 0 unspecified atom stereocenters. The summed E-state index contributed by atoms with van der Waals surface area (Å²) >= 11 is 1.56. The maximum Gasteiger partial charge on any atom is 0.271 e. The van der Waals surface area contributed by atoms with Crippen molar-refractivity contribution in [1.29, 1.82) is 0 Å². The Morgan fingerprint density at radius 1 is 0.812 bits per heavy atom. The van der Waals surface area contributed by atoms with Gasteiger partial charge in [0.1, 0.15) is 5.69 Å². The fourth-order valence-electron chi connectivity index (χ4n) is 5.66. The fraction of sp³-hybridized carbons (Fsp3) is 0.184. The van der Waals surface area contributed by atoms with Gasteiger partial charge in [-0.3, -0.25) is 9.78 Å². The first-order chi connectivity index (χ1) is 23.6. The van der Waals surface area contributed by atoms with Gasteiger partial charge in [0.05, 0.1) is 36.0 Å². The SMILES string of the molecule is O=C(NCc1ccccc1-c1ccc([C@@H]2O[C@H](CSc3ncccn3)C[C@H](c3ccc(CO)cc3)O2)cc1)c1cnc2ccccc2n1. The molecule has 1 aliphatic heterocycles. The summed E-state index contributed by atoms with van der Waals surface area (Å²) in [5, 5.41) is 13.2. The van der Waals surface area contributed by atoms with Crippen LogP contribution < -0.4 is 5.32 Å². The molecule has 0 spiro atoms. The van der Waals surface area contributed by atoms with Gasteiger partial charge in [0.15, 0.2) is 11.4 Å². The van der Waals surface area contributed by atoms with Gasteiger partial charge in [0.25, 0.3) is 5.91 Å². The number of carbonyl (C=O) groups is 1. The van der Waals surface area contributed by atoms with E-state index in [0.717, 1.165) is 38.9 Å². The molecular weight excluding hydrogens is 623 g/mol. The number of thioether (sulfide) groups is 1. The van der Waals surface area contributed by atoms with E-state index in [1.54, 1.807) is 30.2 Å². The van der Waals surface area contributed by atoms with Crippen LogP contribution in [0.15, 0.2) is 127 Å². The lowest BCUT2D eigenvalue weighted by molar-refractivity contribution is -0.245. The van der Waals surface area contributed by atoms with Crippen molar-refractivity contribution in [3.8, 4) is 11.1 Å². The summed E-state index contributed by atoms with van der Waals surface area (Å²) in [5.74, 6) is 0.397. The second-order valence-electron chi connectivity index (χ2n) is 11.4. The summed E-state index contributed by atoms with van der Waals surface area (Å²) in [6.07, 6.45) is 4.80. The molecule has 0 aliphatic carbocycles. The minimum Gasteiger partial charge on any atom is -0.392 e. The van der Waals surface area contributed by atoms with Gasteiger partial charge in [-0.05, 0) is 46.0 Å². The van der Waals surface area contributed by atoms with Gasteiger partial charge in [-0.1, -0.05) is 96.7 Å². The van der Waals surface area contributed by atoms with Gasteiger partial charge in [-0.15, -0.1) is 0 Å². The van der Waals surface area contributed by atoms with Crippen molar-refractivity contribution in [2.24, 2.45) is 0 Å². The standard InChI is InChI=1S/C38H33N5O4S/c44-23-25-10-12-27(13-11-25)35-20-30(24-48-38-39-18-5-19-40-38)46-37(47-35)28-16-14-26(15-17-28)31-7-2-1-6-29(31)21-42-36(45)34-22-41-32-8-3-4-9-33(32)43-34/h1-19,22,30,35,37,44H,20-21,23-24H2,(H,42,45)/t30-,35+,37+/m0/s1. The highest BCUT2D eigenvalue weighted by Crippen LogP contribution is 2.39. The zero-order valence-corrected chi connectivity index (χ0v) is 26.8. The highest BCUT2D eigenvalue weighted by Gasteiger charge is 2.32. The molecule has 1 fully saturated rings. The number of rotatable bonds is 10. The monoisotopic (exact) mass is 655 g/mol. The van der Waals surface area contributed by atoms with Crippen molar-refractivity contribution in [2.45, 2.75) is 43.2 Å². The summed E-state index contributed by atoms with van der Waals surface area (Å²) in [5.41, 5.74) is 7.49. The van der Waals surface area contributed by atoms with Crippen LogP contribution in [0.2, 0.25) is 0 Å². The first-order valence-electron chi connectivity index (χ1n) is 15.7. The number of para-hydroxylation sites is 2. The average Bonchev–Trinajstić information content (AvgIpc) is 3.16. The lowest BCUT2D eigenvalue weighted by atomic mass is 9.97. The van der Waals surface area contributed by atoms with E-state index in [9.17, 15) is 9.90 Å². The highest BCUT2D eigenvalue weighted by atomic mass is 32.2. The number of hydrogen-bond donors (Lipinski definition) is 2. The van der Waals surface area contributed by atoms with Crippen molar-refractivity contribution in [1.82, 2.24) is 25.3 Å². The van der Waals surface area contributed by atoms with E-state index in [0.29, 0.717) is 29.4 Å². The molecule has 0 radical (unpaired) electrons. The molecule has 48 heavy (non-hydrogen) atoms. The van der Waals surface area contributed by atoms with Crippen molar-refractivity contribution in [3.05, 3.63) is 150 Å². The Bertz CT molecular complexity index is 1990. The molecule has 1 saturated heterocycles. The van der Waals surface area contributed by atoms with Crippen LogP contribution in [0, 0.1) is 0 Å². The molecule has 6 aromatic rings. The smallest absolute Gasteiger partial charge is 0.271 e. The predicted octanol–water partition coefficient (Wildman–Crippen LogP) is 6.85. The Hall–Kier alpha value is -5.00. The number of nitrogens with zero attached hydrogens (tertiary/aromatic N) is 4. The number of aliphatic hydroxyl groups excluding tert-OH is 1. The number of aliphatic hydroxyl groups is 1. The van der Waals surface area contributed by atoms with Crippen LogP contribution in [0.4, 0.5) is 0 Å². The van der Waals surface area contributed by atoms with Crippen molar-refractivity contribution < 1.29 is 19.4 Å². The molecule has 0 bridgehead atoms. The Morgan fingerprint density at radius 3 is 2.33 bits per heavy atom. The molecule has 1 amide bonds. The van der Waals surface area contributed by atoms with Crippen LogP contribution in [-0.2, 0) is 22.6 Å². The number of benzene rings is 4. The zero-order chi connectivity index (χ0) is 32.7. The minimum absolute atomic E-state index is 0.00509. The lowest BCUT2D eigenvalue weighted by Gasteiger charge is -2.36. The van der Waals surface area contributed by atoms with Gasteiger partial charge in [-0.2, -0.15) is 0 Å². The maximum absolute atomic E-state index is 13.0. The fourth-order valence-corrected chi connectivity index (χ4v) is 6.48. The minimum atomic E-state index is -0.574. The Kier molecular flexibility index (Phi) is 9.76. The number of fused-ring (bicyclic) bond motifs is 1. The Labute approximate surface area is 282 Å². The first kappa shape index (κ1) is 31.6. The molecule has 3 heterocycles. The number of hydrogen-bond acceptors (Lipinski definition) is 9. The maximum atomic E-state index is 13.0. The normalized spacial score (nSPS) is 17.6. The van der Waals surface area contributed by atoms with Crippen LogP contribution >= 0.6 is 11.8 Å². The summed E-state index contributed by atoms with van der Waals surface area (Å²) < 4.78 is 13.0. The number of ether oxygens (including phenoxy) is 2. The quantitative estimate of drug-likeness (QED) is 0.121. The molecule has 2 aromatic heterocycles. The summed E-state index contributed by atoms with van der Waals surface area (Å²) in [6, 6.07) is 33.3. The molecule has 0 saturated carbocycles. The third-order valence-corrected chi connectivity index (χ3v) is 9.19. The molecule has 2 N–H and O–H groups in total. The highest BCUT2D eigenvalue weighted by molar-refractivity contribution is 7.99. The van der Waals surface area contributed by atoms with Crippen molar-refractivity contribution in [3.63, 3.8) is 0 Å². The van der Waals surface area contributed by atoms with Gasteiger partial charge in [-0.25, -0.2) is 15.0 Å². The predicted molar refractivity (Wildman–Crippen MR) is 184 cm³/mol. The van der Waals surface area contributed by atoms with Gasteiger partial charge in [0.2, 0.25) is 0 Å². The molecule has 4 aromatic carbocycles. The largest absolute Gasteiger partial charge is 0.392 e. The topological polar surface area (TPSA) is 119 Å². The van der Waals surface area contributed by atoms with Crippen molar-refractivity contribution in [2.75, 3.05) is 5.75 Å². The van der Waals surface area contributed by atoms with Crippen LogP contribution in [0.1, 0.15) is 51.6 Å². The van der Waals surface area contributed by atoms with Crippen LogP contribution in [-0.4, -0.2) is 42.8 Å². The lowest BCUT2D eigenvalue weighted by Crippen LogP contribution is -2.31. The number of nitrogens with one attached hydrogen (secondary N) is 1. The molecule has 9 nitrogen and oxygen atoms in total. The van der Waals surface area contributed by atoms with E-state index in [1.165, 1.54) is 6.20 Å². The van der Waals surface area contributed by atoms with Gasteiger partial charge < -0.3 is 19.9 Å². The van der Waals surface area contributed by atoms with Crippen LogP contribution in [0.25, 0.3) is 22.2 Å². The van der Waals surface area contributed by atoms with E-state index >= 15 is 0 Å². The Balaban J connectivity index is 1.07. The zero-order valence-electron chi connectivity index (χ0n) is 26.0. The molecular formula is C38H33N5O4S. The second-order valence-corrected chi connectivity index (χ2v) is 12.4. The van der Waals surface area contributed by atoms with E-state index in [-0.39, 0.29) is 30.4 Å². The molecule has 3 atom stereocenters. The molecule has 1 aliphatic rings. The second kappa shape index (κ2) is 14.8. The van der Waals surface area contributed by atoms with Gasteiger partial charge >= 0.3 is 0 Å². The van der Waals surface area contributed by atoms with Gasteiger partial charge in [0, 0.05) is 36.7 Å². The number of amides is 1. The third kappa shape index (κ3) is 7.42. The number of aromatic nitrogens is 4. The van der Waals surface area contributed by atoms with Crippen LogP contribution in [0.3, 0.4) is 0 Å². The van der Waals surface area contributed by atoms with E-state index in [2.05, 4.69) is 37.4 Å². The summed E-state index contributed by atoms with van der Waals surface area (Å²) in [7, 11) is 0. The van der Waals surface area contributed by atoms with E-state index in [4.69, 9.17) is 9.47 Å². The van der Waals surface area contributed by atoms with E-state index in [1.807, 2.05) is 84.9 Å². The van der Waals surface area contributed by atoms with Crippen LogP contribution in [0.5, 0.6) is 0 Å². The molecule has 10 heteroatoms. The summed E-state index contributed by atoms with van der Waals surface area (Å²) in [4.78, 5) is 30.5. The first-order valence-corrected chi connectivity index (χ1v) is 16.7. The van der Waals surface area contributed by atoms with Crippen molar-refractivity contribution >= 4 is 28.7 Å². The third-order valence-electron chi connectivity index (χ3n) is 8.19. The van der Waals surface area contributed by atoms with E-state index < -0.39 is 6.29 Å². The average molecular weight is 656 g/mol. The number of carbonyl (C=O) groups excluding carboxylic acids is 1. The summed E-state index contributed by atoms with van der Waals surface area (Å²) in [6.45, 7) is 0.330. The molecule has 7 rings (SSSR count). The Morgan fingerprint density at radius 2 is 1.54 bits per heavy atom.